The highest BCUT2D eigenvalue weighted by molar-refractivity contribution is 5.94. The van der Waals surface area contributed by atoms with Crippen molar-refractivity contribution in [3.05, 3.63) is 12.2 Å². The molecule has 0 saturated heterocycles. The SMILES string of the molecule is C1=CC2(C=N2)N=C1. The summed E-state index contributed by atoms with van der Waals surface area (Å²) in [5.74, 6) is 0. The molecule has 0 bridgehead atoms. The van der Waals surface area contributed by atoms with E-state index < -0.39 is 0 Å². The molecule has 2 heteroatoms. The van der Waals surface area contributed by atoms with Crippen LogP contribution in [0.25, 0.3) is 0 Å². The van der Waals surface area contributed by atoms with Crippen LogP contribution >= 0.6 is 0 Å². The van der Waals surface area contributed by atoms with Crippen LogP contribution in [-0.2, 0) is 0 Å². The first kappa shape index (κ1) is 3.13. The van der Waals surface area contributed by atoms with E-state index in [0.29, 0.717) is 0 Å². The first-order valence-corrected chi connectivity index (χ1v) is 2.21. The number of rotatable bonds is 0. The molecule has 1 spiro atoms. The fourth-order valence-electron chi connectivity index (χ4n) is 0.609. The van der Waals surface area contributed by atoms with Gasteiger partial charge in [0.1, 0.15) is 0 Å². The third kappa shape index (κ3) is 0.282. The van der Waals surface area contributed by atoms with E-state index in [0.717, 1.165) is 0 Å². The van der Waals surface area contributed by atoms with E-state index in [1.54, 1.807) is 6.21 Å². The first-order chi connectivity index (χ1) is 3.41. The van der Waals surface area contributed by atoms with Crippen molar-refractivity contribution in [1.29, 1.82) is 0 Å². The third-order valence-electron chi connectivity index (χ3n) is 1.10. The van der Waals surface area contributed by atoms with E-state index in [-0.39, 0.29) is 5.66 Å². The van der Waals surface area contributed by atoms with Gasteiger partial charge in [-0.1, -0.05) is 0 Å². The van der Waals surface area contributed by atoms with Crippen molar-refractivity contribution >= 4 is 12.4 Å². The molecule has 0 saturated carbocycles. The summed E-state index contributed by atoms with van der Waals surface area (Å²) in [5.41, 5.74) is -0.167. The summed E-state index contributed by atoms with van der Waals surface area (Å²) >= 11 is 0. The number of hydrogen-bond acceptors (Lipinski definition) is 2. The Morgan fingerprint density at radius 1 is 1.29 bits per heavy atom. The molecule has 0 aromatic heterocycles. The normalized spacial score (nSPS) is 41.1. The van der Waals surface area contributed by atoms with E-state index in [9.17, 15) is 0 Å². The van der Waals surface area contributed by atoms with Crippen molar-refractivity contribution in [2.45, 2.75) is 5.66 Å². The third-order valence-corrected chi connectivity index (χ3v) is 1.10. The lowest BCUT2D eigenvalue weighted by atomic mass is 10.3. The van der Waals surface area contributed by atoms with Crippen LogP contribution in [0.3, 0.4) is 0 Å². The summed E-state index contributed by atoms with van der Waals surface area (Å²) in [5, 5.41) is 0. The summed E-state index contributed by atoms with van der Waals surface area (Å²) < 4.78 is 0. The highest BCUT2D eigenvalue weighted by Gasteiger charge is 2.33. The predicted octanol–water partition coefficient (Wildman–Crippen LogP) is 0.408. The van der Waals surface area contributed by atoms with Gasteiger partial charge in [-0.2, -0.15) is 0 Å². The van der Waals surface area contributed by atoms with E-state index in [2.05, 4.69) is 9.98 Å². The Morgan fingerprint density at radius 3 is 2.43 bits per heavy atom. The molecule has 0 aromatic carbocycles. The van der Waals surface area contributed by atoms with Gasteiger partial charge in [0.25, 0.3) is 0 Å². The Bertz CT molecular complexity index is 157. The summed E-state index contributed by atoms with van der Waals surface area (Å²) in [6.45, 7) is 0. The topological polar surface area (TPSA) is 24.7 Å². The van der Waals surface area contributed by atoms with Crippen LogP contribution in [0.15, 0.2) is 22.1 Å². The molecule has 0 aliphatic carbocycles. The van der Waals surface area contributed by atoms with Crippen LogP contribution in [0.4, 0.5) is 0 Å². The van der Waals surface area contributed by atoms with Crippen molar-refractivity contribution in [2.75, 3.05) is 0 Å². The minimum Gasteiger partial charge on any atom is -0.254 e. The minimum atomic E-state index is -0.167. The van der Waals surface area contributed by atoms with Crippen LogP contribution in [0, 0.1) is 0 Å². The molecule has 2 heterocycles. The molecule has 1 atom stereocenters. The largest absolute Gasteiger partial charge is 0.254 e. The van der Waals surface area contributed by atoms with E-state index >= 15 is 0 Å². The molecule has 2 rings (SSSR count). The number of hydrogen-bond donors (Lipinski definition) is 0. The average Bonchev–Trinajstić information content (AvgIpc) is 2.15. The Labute approximate surface area is 41.3 Å². The van der Waals surface area contributed by atoms with E-state index in [1.165, 1.54) is 0 Å². The van der Waals surface area contributed by atoms with Gasteiger partial charge < -0.3 is 0 Å². The van der Waals surface area contributed by atoms with Crippen molar-refractivity contribution in [1.82, 2.24) is 0 Å². The summed E-state index contributed by atoms with van der Waals surface area (Å²) in [6.07, 6.45) is 7.47. The standard InChI is InChI=1S/C5H4N2/c1-2-5(4-7-5)6-3-1/h1-4H. The molecule has 0 radical (unpaired) electrons. The highest BCUT2D eigenvalue weighted by Crippen LogP contribution is 2.25. The molecule has 0 N–H and O–H groups in total. The van der Waals surface area contributed by atoms with Gasteiger partial charge in [0.15, 0.2) is 0 Å². The van der Waals surface area contributed by atoms with Crippen LogP contribution in [0.5, 0.6) is 0 Å². The van der Waals surface area contributed by atoms with Crippen LogP contribution in [0.1, 0.15) is 0 Å². The van der Waals surface area contributed by atoms with Gasteiger partial charge >= 0.3 is 0 Å². The fraction of sp³-hybridized carbons (Fsp3) is 0.200. The van der Waals surface area contributed by atoms with Crippen molar-refractivity contribution in [2.24, 2.45) is 9.98 Å². The zero-order valence-corrected chi connectivity index (χ0v) is 3.70. The monoisotopic (exact) mass is 92.0 g/mol. The second-order valence-corrected chi connectivity index (χ2v) is 1.68. The van der Waals surface area contributed by atoms with Crippen molar-refractivity contribution < 1.29 is 0 Å². The lowest BCUT2D eigenvalue weighted by Gasteiger charge is -1.88. The number of allylic oxidation sites excluding steroid dienone is 1. The highest BCUT2D eigenvalue weighted by atomic mass is 15.2. The lowest BCUT2D eigenvalue weighted by Crippen LogP contribution is -1.98. The van der Waals surface area contributed by atoms with Gasteiger partial charge in [-0.25, -0.2) is 0 Å². The van der Waals surface area contributed by atoms with Gasteiger partial charge in [0.05, 0.1) is 6.21 Å². The molecule has 2 nitrogen and oxygen atoms in total. The van der Waals surface area contributed by atoms with Gasteiger partial charge in [-0.3, -0.25) is 9.98 Å². The average molecular weight is 92.1 g/mol. The second-order valence-electron chi connectivity index (χ2n) is 1.68. The van der Waals surface area contributed by atoms with Gasteiger partial charge in [-0.05, 0) is 12.2 Å². The van der Waals surface area contributed by atoms with E-state index in [1.807, 2.05) is 18.4 Å². The molecule has 34 valence electrons. The molecular formula is C5H4N2. The number of aliphatic imine (C=N–C) groups is 2. The van der Waals surface area contributed by atoms with Gasteiger partial charge in [-0.15, -0.1) is 0 Å². The summed E-state index contributed by atoms with van der Waals surface area (Å²) in [6, 6.07) is 0. The molecule has 0 aromatic rings. The minimum absolute atomic E-state index is 0.167. The Kier molecular flexibility index (Phi) is 0.308. The Hall–Kier alpha value is -0.920. The predicted molar refractivity (Wildman–Crippen MR) is 28.9 cm³/mol. The fourth-order valence-corrected chi connectivity index (χ4v) is 0.609. The lowest BCUT2D eigenvalue weighted by molar-refractivity contribution is 0.899. The molecule has 2 aliphatic rings. The number of nitrogens with zero attached hydrogens (tertiary/aromatic N) is 2. The van der Waals surface area contributed by atoms with Crippen LogP contribution in [0.2, 0.25) is 0 Å². The van der Waals surface area contributed by atoms with Crippen molar-refractivity contribution in [3.8, 4) is 0 Å². The quantitative estimate of drug-likeness (QED) is 0.413. The Balaban J connectivity index is 2.41. The van der Waals surface area contributed by atoms with Crippen LogP contribution < -0.4 is 0 Å². The zero-order valence-electron chi connectivity index (χ0n) is 3.70. The molecule has 0 amide bonds. The molecule has 1 unspecified atom stereocenters. The smallest absolute Gasteiger partial charge is 0.204 e. The van der Waals surface area contributed by atoms with Gasteiger partial charge in [0.2, 0.25) is 5.66 Å². The summed E-state index contributed by atoms with van der Waals surface area (Å²) in [4.78, 5) is 7.94. The maximum Gasteiger partial charge on any atom is 0.204 e. The molecule has 2 aliphatic heterocycles. The maximum atomic E-state index is 4.02. The molecular weight excluding hydrogens is 88.1 g/mol. The molecule has 0 fully saturated rings. The molecule has 7 heavy (non-hydrogen) atoms. The first-order valence-electron chi connectivity index (χ1n) is 2.21. The van der Waals surface area contributed by atoms with Gasteiger partial charge in [0, 0.05) is 6.21 Å². The van der Waals surface area contributed by atoms with Crippen molar-refractivity contribution in [3.63, 3.8) is 0 Å². The Morgan fingerprint density at radius 2 is 2.14 bits per heavy atom. The van der Waals surface area contributed by atoms with Crippen LogP contribution in [-0.4, -0.2) is 18.1 Å². The maximum absolute atomic E-state index is 4.02. The van der Waals surface area contributed by atoms with E-state index in [4.69, 9.17) is 0 Å². The summed E-state index contributed by atoms with van der Waals surface area (Å²) in [7, 11) is 0. The zero-order chi connectivity index (χ0) is 4.74. The second kappa shape index (κ2) is 0.689.